The van der Waals surface area contributed by atoms with Gasteiger partial charge in [0.25, 0.3) is 5.67 Å². The van der Waals surface area contributed by atoms with Gasteiger partial charge in [0.2, 0.25) is 5.41 Å². The summed E-state index contributed by atoms with van der Waals surface area (Å²) >= 11 is 0. The average Bonchev–Trinajstić information content (AvgIpc) is 2.73. The third kappa shape index (κ3) is 1.95. The van der Waals surface area contributed by atoms with Crippen LogP contribution in [0.5, 0.6) is 0 Å². The molecule has 188 valence electrons. The standard InChI is InChI=1S/C12F20/c13-1-2(14)4(15)5(16,17)3(1,6(18,19)8(4,22)23)7(20,21)9(24,25)10(26,27)11(28,29)12(30,31)32. The first kappa shape index (κ1) is 26.6. The first-order valence-corrected chi connectivity index (χ1v) is 7.03. The van der Waals surface area contributed by atoms with Crippen molar-refractivity contribution >= 4 is 0 Å². The first-order valence-electron chi connectivity index (χ1n) is 7.03. The van der Waals surface area contributed by atoms with E-state index in [9.17, 15) is 87.8 Å². The Labute approximate surface area is 159 Å². The molecule has 0 aliphatic heterocycles. The minimum Gasteiger partial charge on any atom is -0.222 e. The van der Waals surface area contributed by atoms with E-state index in [4.69, 9.17) is 0 Å². The van der Waals surface area contributed by atoms with Crippen molar-refractivity contribution in [2.45, 2.75) is 53.3 Å². The Kier molecular flexibility index (Phi) is 4.73. The van der Waals surface area contributed by atoms with Crippen LogP contribution in [0.4, 0.5) is 87.8 Å². The molecule has 0 spiro atoms. The second-order valence-electron chi connectivity index (χ2n) is 6.55. The molecular weight excluding hydrogens is 524 g/mol. The lowest BCUT2D eigenvalue weighted by atomic mass is 9.70. The second kappa shape index (κ2) is 5.69. The molecule has 2 aliphatic carbocycles. The van der Waals surface area contributed by atoms with Crippen LogP contribution >= 0.6 is 0 Å². The third-order valence-corrected chi connectivity index (χ3v) is 5.04. The van der Waals surface area contributed by atoms with Gasteiger partial charge in [-0.1, -0.05) is 0 Å². The van der Waals surface area contributed by atoms with Gasteiger partial charge in [0.1, 0.15) is 0 Å². The molecule has 0 nitrogen and oxygen atoms in total. The Morgan fingerprint density at radius 1 is 0.438 bits per heavy atom. The fourth-order valence-corrected chi connectivity index (χ4v) is 3.31. The number of allylic oxidation sites excluding steroid dienone is 2. The van der Waals surface area contributed by atoms with E-state index in [2.05, 4.69) is 0 Å². The van der Waals surface area contributed by atoms with Crippen LogP contribution in [0.3, 0.4) is 0 Å². The number of halogens is 20. The Morgan fingerprint density at radius 2 is 0.812 bits per heavy atom. The zero-order chi connectivity index (χ0) is 26.2. The molecule has 1 fully saturated rings. The largest absolute Gasteiger partial charge is 0.460 e. The maximum atomic E-state index is 14.1. The fourth-order valence-electron chi connectivity index (χ4n) is 3.31. The van der Waals surface area contributed by atoms with Crippen molar-refractivity contribution in [1.29, 1.82) is 0 Å². The van der Waals surface area contributed by atoms with Gasteiger partial charge < -0.3 is 0 Å². The quantitative estimate of drug-likeness (QED) is 0.353. The maximum absolute atomic E-state index is 14.1. The number of hydrogen-bond acceptors (Lipinski definition) is 0. The van der Waals surface area contributed by atoms with Crippen LogP contribution in [0.2, 0.25) is 0 Å². The zero-order valence-corrected chi connectivity index (χ0v) is 13.6. The summed E-state index contributed by atoms with van der Waals surface area (Å²) in [6, 6.07) is 0. The molecule has 0 aromatic carbocycles. The molecule has 0 heterocycles. The van der Waals surface area contributed by atoms with E-state index in [1.165, 1.54) is 0 Å². The average molecular weight is 524 g/mol. The number of fused-ring (bicyclic) bond motifs is 2. The summed E-state index contributed by atoms with van der Waals surface area (Å²) in [6.45, 7) is 0. The van der Waals surface area contributed by atoms with Crippen LogP contribution in [0.15, 0.2) is 11.7 Å². The molecule has 0 radical (unpaired) electrons. The molecule has 2 aliphatic rings. The van der Waals surface area contributed by atoms with Crippen molar-refractivity contribution in [2.24, 2.45) is 5.41 Å². The van der Waals surface area contributed by atoms with Crippen LogP contribution in [-0.2, 0) is 0 Å². The highest BCUT2D eigenvalue weighted by atomic mass is 19.4. The highest BCUT2D eigenvalue weighted by molar-refractivity contribution is 5.53. The summed E-state index contributed by atoms with van der Waals surface area (Å²) in [5, 5.41) is 0. The molecule has 0 saturated heterocycles. The molecule has 2 atom stereocenters. The van der Waals surface area contributed by atoms with Crippen LogP contribution in [0.1, 0.15) is 0 Å². The fraction of sp³-hybridized carbons (Fsp3) is 0.833. The summed E-state index contributed by atoms with van der Waals surface area (Å²) in [4.78, 5) is 0. The van der Waals surface area contributed by atoms with Gasteiger partial charge >= 0.3 is 47.6 Å². The minimum atomic E-state index is -8.92. The number of rotatable bonds is 4. The first-order chi connectivity index (χ1) is 13.6. The molecule has 2 bridgehead atoms. The van der Waals surface area contributed by atoms with Gasteiger partial charge in [-0.05, 0) is 0 Å². The van der Waals surface area contributed by atoms with E-state index in [1.54, 1.807) is 0 Å². The predicted octanol–water partition coefficient (Wildman–Crippen LogP) is 6.87. The normalized spacial score (nSPS) is 32.6. The molecule has 0 amide bonds. The third-order valence-electron chi connectivity index (χ3n) is 5.04. The molecule has 20 heteroatoms. The number of alkyl halides is 18. The molecule has 0 aromatic heterocycles. The Bertz CT molecular complexity index is 858. The topological polar surface area (TPSA) is 0 Å². The van der Waals surface area contributed by atoms with Gasteiger partial charge in [-0.3, -0.25) is 0 Å². The lowest BCUT2D eigenvalue weighted by molar-refractivity contribution is -0.448. The summed E-state index contributed by atoms with van der Waals surface area (Å²) in [6.07, 6.45) is -7.95. The molecule has 2 unspecified atom stereocenters. The molecular formula is C12F20. The van der Waals surface area contributed by atoms with Gasteiger partial charge in [0.15, 0.2) is 11.7 Å². The Hall–Kier alpha value is -1.66. The van der Waals surface area contributed by atoms with Crippen LogP contribution < -0.4 is 0 Å². The zero-order valence-electron chi connectivity index (χ0n) is 13.6. The molecule has 2 rings (SSSR count). The van der Waals surface area contributed by atoms with Crippen LogP contribution in [0, 0.1) is 5.41 Å². The van der Waals surface area contributed by atoms with Gasteiger partial charge in [-0.2, -0.15) is 65.9 Å². The molecule has 0 N–H and O–H groups in total. The van der Waals surface area contributed by atoms with Gasteiger partial charge in [-0.15, -0.1) is 0 Å². The van der Waals surface area contributed by atoms with Crippen molar-refractivity contribution < 1.29 is 87.8 Å². The lowest BCUT2D eigenvalue weighted by Gasteiger charge is -2.46. The SMILES string of the molecule is FC1=C(F)C2(C(F)(F)C(F)(F)C(F)(F)C(F)(F)C(F)(F)F)C(F)(F)C(F)(F)C1(F)C2(F)F. The van der Waals surface area contributed by atoms with Crippen molar-refractivity contribution in [3.63, 3.8) is 0 Å². The highest BCUT2D eigenvalue weighted by Gasteiger charge is 3.11. The van der Waals surface area contributed by atoms with Crippen molar-refractivity contribution in [3.8, 4) is 0 Å². The maximum Gasteiger partial charge on any atom is 0.460 e. The Balaban J connectivity index is 3.03. The van der Waals surface area contributed by atoms with Gasteiger partial charge in [-0.25, -0.2) is 22.0 Å². The summed E-state index contributed by atoms with van der Waals surface area (Å²) < 4.78 is 267. The van der Waals surface area contributed by atoms with E-state index < -0.39 is 70.4 Å². The van der Waals surface area contributed by atoms with E-state index in [-0.39, 0.29) is 0 Å². The van der Waals surface area contributed by atoms with Gasteiger partial charge in [0.05, 0.1) is 0 Å². The van der Waals surface area contributed by atoms with Gasteiger partial charge in [0, 0.05) is 0 Å². The van der Waals surface area contributed by atoms with Crippen LogP contribution in [0.25, 0.3) is 0 Å². The molecule has 1 saturated carbocycles. The van der Waals surface area contributed by atoms with E-state index in [0.717, 1.165) is 0 Å². The molecule has 32 heavy (non-hydrogen) atoms. The van der Waals surface area contributed by atoms with Crippen molar-refractivity contribution in [3.05, 3.63) is 11.7 Å². The van der Waals surface area contributed by atoms with E-state index in [0.29, 0.717) is 0 Å². The van der Waals surface area contributed by atoms with E-state index in [1.807, 2.05) is 0 Å². The summed E-state index contributed by atoms with van der Waals surface area (Å²) in [5.41, 5.74) is -15.3. The van der Waals surface area contributed by atoms with Crippen LogP contribution in [-0.4, -0.2) is 53.3 Å². The molecule has 0 aromatic rings. The van der Waals surface area contributed by atoms with Crippen molar-refractivity contribution in [1.82, 2.24) is 0 Å². The Morgan fingerprint density at radius 3 is 1.16 bits per heavy atom. The smallest absolute Gasteiger partial charge is 0.222 e. The van der Waals surface area contributed by atoms with E-state index >= 15 is 0 Å². The minimum absolute atomic E-state index is 4.63. The highest BCUT2D eigenvalue weighted by Crippen LogP contribution is 2.85. The lowest BCUT2D eigenvalue weighted by Crippen LogP contribution is -2.74. The number of hydrogen-bond donors (Lipinski definition) is 0. The predicted molar refractivity (Wildman–Crippen MR) is 56.2 cm³/mol. The summed E-state index contributed by atoms with van der Waals surface area (Å²) in [5.74, 6) is -67.9. The second-order valence-corrected chi connectivity index (χ2v) is 6.55. The summed E-state index contributed by atoms with van der Waals surface area (Å²) in [7, 11) is 0. The monoisotopic (exact) mass is 524 g/mol. The van der Waals surface area contributed by atoms with Crippen molar-refractivity contribution in [2.75, 3.05) is 0 Å².